The van der Waals surface area contributed by atoms with E-state index in [4.69, 9.17) is 19.5 Å². The van der Waals surface area contributed by atoms with Gasteiger partial charge in [0.1, 0.15) is 13.2 Å². The number of hydrogen-bond acceptors (Lipinski definition) is 4. The fraction of sp³-hybridized carbons (Fsp3) is 0.333. The number of allylic oxidation sites excluding steroid dienone is 1. The molecule has 0 saturated heterocycles. The number of hydrogen-bond donors (Lipinski definition) is 0. The first-order valence-electron chi connectivity index (χ1n) is 9.86. The van der Waals surface area contributed by atoms with Gasteiger partial charge in [0.2, 0.25) is 11.8 Å². The largest absolute Gasteiger partial charge is 0.475 e. The lowest BCUT2D eigenvalue weighted by Gasteiger charge is -2.09. The van der Waals surface area contributed by atoms with E-state index in [9.17, 15) is 0 Å². The van der Waals surface area contributed by atoms with Crippen LogP contribution in [0.2, 0.25) is 0 Å². The highest BCUT2D eigenvalue weighted by atomic mass is 16.5. The van der Waals surface area contributed by atoms with E-state index in [1.54, 1.807) is 0 Å². The van der Waals surface area contributed by atoms with E-state index in [1.807, 2.05) is 12.1 Å². The van der Waals surface area contributed by atoms with Gasteiger partial charge in [0.05, 0.1) is 17.7 Å². The summed E-state index contributed by atoms with van der Waals surface area (Å²) in [6, 6.07) is 21.1. The van der Waals surface area contributed by atoms with Gasteiger partial charge in [0.15, 0.2) is 0 Å². The summed E-state index contributed by atoms with van der Waals surface area (Å²) < 4.78 is 11.9. The van der Waals surface area contributed by atoms with Crippen LogP contribution < -0.4 is 0 Å². The van der Waals surface area contributed by atoms with E-state index in [0.717, 1.165) is 24.0 Å². The van der Waals surface area contributed by atoms with Crippen LogP contribution in [0, 0.1) is 0 Å². The minimum absolute atomic E-state index is 0.133. The molecule has 4 nitrogen and oxygen atoms in total. The Morgan fingerprint density at radius 3 is 1.57 bits per heavy atom. The molecule has 0 amide bonds. The number of rotatable bonds is 6. The monoisotopic (exact) mass is 374 g/mol. The van der Waals surface area contributed by atoms with E-state index < -0.39 is 0 Å². The first kappa shape index (κ1) is 18.5. The summed E-state index contributed by atoms with van der Waals surface area (Å²) in [4.78, 5) is 9.67. The Morgan fingerprint density at radius 2 is 1.18 bits per heavy atom. The molecule has 2 aromatic rings. The molecule has 2 aliphatic heterocycles. The fourth-order valence-corrected chi connectivity index (χ4v) is 3.61. The van der Waals surface area contributed by atoms with E-state index in [1.165, 1.54) is 11.1 Å². The van der Waals surface area contributed by atoms with Crippen molar-refractivity contribution in [3.8, 4) is 0 Å². The molecule has 0 fully saturated rings. The zero-order valence-corrected chi connectivity index (χ0v) is 16.5. The summed E-state index contributed by atoms with van der Waals surface area (Å²) >= 11 is 0. The van der Waals surface area contributed by atoms with Crippen LogP contribution in [-0.4, -0.2) is 37.1 Å². The SMILES string of the molecule is CC(C)=C(C1=N[C@H](Cc2ccccc2)CO1)C1=N[C@H](Cc2ccccc2)CO1. The molecule has 0 unspecified atom stereocenters. The van der Waals surface area contributed by atoms with Crippen molar-refractivity contribution in [3.63, 3.8) is 0 Å². The molecule has 2 aliphatic rings. The molecular formula is C24H26N2O2. The molecule has 0 spiro atoms. The van der Waals surface area contributed by atoms with Crippen LogP contribution in [0.1, 0.15) is 25.0 Å². The van der Waals surface area contributed by atoms with Crippen molar-refractivity contribution in [2.75, 3.05) is 13.2 Å². The van der Waals surface area contributed by atoms with Crippen LogP contribution in [0.4, 0.5) is 0 Å². The zero-order valence-electron chi connectivity index (χ0n) is 16.5. The third-order valence-electron chi connectivity index (χ3n) is 4.98. The van der Waals surface area contributed by atoms with E-state index in [2.05, 4.69) is 62.4 Å². The third kappa shape index (κ3) is 4.33. The third-order valence-corrected chi connectivity index (χ3v) is 4.98. The summed E-state index contributed by atoms with van der Waals surface area (Å²) in [5.74, 6) is 1.33. The summed E-state index contributed by atoms with van der Waals surface area (Å²) in [5, 5.41) is 0. The van der Waals surface area contributed by atoms with E-state index >= 15 is 0 Å². The van der Waals surface area contributed by atoms with Gasteiger partial charge in [-0.1, -0.05) is 66.2 Å². The normalized spacial score (nSPS) is 20.8. The molecule has 0 saturated carbocycles. The van der Waals surface area contributed by atoms with Gasteiger partial charge in [-0.05, 0) is 37.8 Å². The number of aliphatic imine (C=N–C) groups is 2. The Hall–Kier alpha value is -2.88. The van der Waals surface area contributed by atoms with Crippen molar-refractivity contribution in [1.82, 2.24) is 0 Å². The smallest absolute Gasteiger partial charge is 0.222 e. The second-order valence-corrected chi connectivity index (χ2v) is 7.55. The van der Waals surface area contributed by atoms with Gasteiger partial charge in [-0.3, -0.25) is 0 Å². The molecule has 4 rings (SSSR count). The van der Waals surface area contributed by atoms with E-state index in [0.29, 0.717) is 25.0 Å². The fourth-order valence-electron chi connectivity index (χ4n) is 3.61. The molecule has 0 radical (unpaired) electrons. The van der Waals surface area contributed by atoms with Gasteiger partial charge in [-0.2, -0.15) is 0 Å². The summed E-state index contributed by atoms with van der Waals surface area (Å²) in [5.41, 5.74) is 4.57. The van der Waals surface area contributed by atoms with Gasteiger partial charge in [-0.15, -0.1) is 0 Å². The maximum absolute atomic E-state index is 5.96. The topological polar surface area (TPSA) is 43.2 Å². The first-order valence-corrected chi connectivity index (χ1v) is 9.86. The maximum Gasteiger partial charge on any atom is 0.222 e. The van der Waals surface area contributed by atoms with Crippen molar-refractivity contribution < 1.29 is 9.47 Å². The van der Waals surface area contributed by atoms with Crippen molar-refractivity contribution in [2.45, 2.75) is 38.8 Å². The van der Waals surface area contributed by atoms with Crippen molar-refractivity contribution in [1.29, 1.82) is 0 Å². The first-order chi connectivity index (χ1) is 13.7. The highest BCUT2D eigenvalue weighted by molar-refractivity contribution is 6.19. The van der Waals surface area contributed by atoms with Crippen LogP contribution in [-0.2, 0) is 22.3 Å². The highest BCUT2D eigenvalue weighted by Gasteiger charge is 2.30. The summed E-state index contributed by atoms with van der Waals surface area (Å²) in [6.45, 7) is 5.31. The molecule has 0 N–H and O–H groups in total. The predicted octanol–water partition coefficient (Wildman–Crippen LogP) is 4.40. The van der Waals surface area contributed by atoms with Crippen LogP contribution in [0.15, 0.2) is 81.8 Å². The second kappa shape index (κ2) is 8.42. The molecule has 144 valence electrons. The second-order valence-electron chi connectivity index (χ2n) is 7.55. The standard InChI is InChI=1S/C24H26N2O2/c1-17(2)22(23-25-20(15-27-23)13-18-9-5-3-6-10-18)24-26-21(16-28-24)14-19-11-7-4-8-12-19/h3-12,20-21H,13-16H2,1-2H3/t20-,21-/m1/s1. The van der Waals surface area contributed by atoms with Crippen LogP contribution in [0.5, 0.6) is 0 Å². The molecule has 4 heteroatoms. The Bertz CT molecular complexity index is 827. The Morgan fingerprint density at radius 1 is 0.750 bits per heavy atom. The Labute approximate surface area is 166 Å². The number of nitrogens with zero attached hydrogens (tertiary/aromatic N) is 2. The summed E-state index contributed by atoms with van der Waals surface area (Å²) in [6.07, 6.45) is 1.76. The minimum Gasteiger partial charge on any atom is -0.475 e. The van der Waals surface area contributed by atoms with Gasteiger partial charge in [0, 0.05) is 0 Å². The van der Waals surface area contributed by atoms with Crippen molar-refractivity contribution in [3.05, 3.63) is 82.9 Å². The van der Waals surface area contributed by atoms with E-state index in [-0.39, 0.29) is 12.1 Å². The average Bonchev–Trinajstić information content (AvgIpc) is 3.34. The molecule has 2 heterocycles. The summed E-state index contributed by atoms with van der Waals surface area (Å²) in [7, 11) is 0. The van der Waals surface area contributed by atoms with Crippen LogP contribution in [0.3, 0.4) is 0 Å². The Balaban J connectivity index is 1.48. The van der Waals surface area contributed by atoms with Gasteiger partial charge >= 0.3 is 0 Å². The Kier molecular flexibility index (Phi) is 5.56. The lowest BCUT2D eigenvalue weighted by molar-refractivity contribution is 0.307. The molecule has 2 aromatic carbocycles. The molecule has 0 bridgehead atoms. The van der Waals surface area contributed by atoms with Crippen LogP contribution in [0.25, 0.3) is 0 Å². The lowest BCUT2D eigenvalue weighted by atomic mass is 10.1. The number of ether oxygens (including phenoxy) is 2. The van der Waals surface area contributed by atoms with Crippen molar-refractivity contribution in [2.24, 2.45) is 9.98 Å². The lowest BCUT2D eigenvalue weighted by Crippen LogP contribution is -2.15. The molecule has 0 aliphatic carbocycles. The quantitative estimate of drug-likeness (QED) is 0.752. The number of benzene rings is 2. The van der Waals surface area contributed by atoms with Crippen molar-refractivity contribution >= 4 is 11.8 Å². The maximum atomic E-state index is 5.96. The predicted molar refractivity (Wildman–Crippen MR) is 113 cm³/mol. The molecule has 0 aromatic heterocycles. The van der Waals surface area contributed by atoms with Gasteiger partial charge in [-0.25, -0.2) is 9.98 Å². The highest BCUT2D eigenvalue weighted by Crippen LogP contribution is 2.23. The molecule has 2 atom stereocenters. The molecule has 28 heavy (non-hydrogen) atoms. The minimum atomic E-state index is 0.133. The molecular weight excluding hydrogens is 348 g/mol. The van der Waals surface area contributed by atoms with Crippen LogP contribution >= 0.6 is 0 Å². The average molecular weight is 374 g/mol. The van der Waals surface area contributed by atoms with Gasteiger partial charge in [0.25, 0.3) is 0 Å². The zero-order chi connectivity index (χ0) is 19.3. The van der Waals surface area contributed by atoms with Gasteiger partial charge < -0.3 is 9.47 Å².